The SMILES string of the molecule is CC(C)P(=O)(O)OCCCCC(=O)c1ccc(/C=C/c2ccc(C(=O)NCCCOP(=O)(O)C(C)C)cc2)cc1. The van der Waals surface area contributed by atoms with Gasteiger partial charge in [-0.25, -0.2) is 0 Å². The molecule has 1 amide bonds. The maximum atomic E-state index is 12.4. The van der Waals surface area contributed by atoms with Gasteiger partial charge in [-0.3, -0.25) is 18.7 Å². The summed E-state index contributed by atoms with van der Waals surface area (Å²) in [5.41, 5.74) is 2.04. The van der Waals surface area contributed by atoms with Gasteiger partial charge in [-0.1, -0.05) is 76.2 Å². The molecule has 0 aliphatic carbocycles. The Morgan fingerprint density at radius 3 is 1.68 bits per heavy atom. The summed E-state index contributed by atoms with van der Waals surface area (Å²) in [6, 6.07) is 14.4. The zero-order chi connectivity index (χ0) is 29.8. The highest BCUT2D eigenvalue weighted by Gasteiger charge is 2.24. The first-order valence-electron chi connectivity index (χ1n) is 13.5. The Bertz CT molecular complexity index is 1130. The lowest BCUT2D eigenvalue weighted by Crippen LogP contribution is -2.25. The molecule has 220 valence electrons. The highest BCUT2D eigenvalue weighted by Crippen LogP contribution is 2.47. The smallest absolute Gasteiger partial charge is 0.330 e. The van der Waals surface area contributed by atoms with Gasteiger partial charge in [0.15, 0.2) is 5.78 Å². The van der Waals surface area contributed by atoms with E-state index in [9.17, 15) is 28.5 Å². The van der Waals surface area contributed by atoms with Crippen molar-refractivity contribution >= 4 is 39.0 Å². The fourth-order valence-electron chi connectivity index (χ4n) is 3.32. The molecule has 40 heavy (non-hydrogen) atoms. The lowest BCUT2D eigenvalue weighted by molar-refractivity contribution is 0.0949. The third-order valence-corrected chi connectivity index (χ3v) is 9.85. The minimum Gasteiger partial charge on any atom is -0.352 e. The van der Waals surface area contributed by atoms with Crippen molar-refractivity contribution in [1.82, 2.24) is 5.32 Å². The number of carbonyl (C=O) groups is 2. The second-order valence-electron chi connectivity index (χ2n) is 10.0. The first-order valence-corrected chi connectivity index (χ1v) is 16.7. The summed E-state index contributed by atoms with van der Waals surface area (Å²) < 4.78 is 33.6. The van der Waals surface area contributed by atoms with E-state index >= 15 is 0 Å². The number of unbranched alkanes of at least 4 members (excludes halogenated alkanes) is 1. The largest absolute Gasteiger partial charge is 0.352 e. The molecule has 3 N–H and O–H groups in total. The van der Waals surface area contributed by atoms with Crippen molar-refractivity contribution < 1.29 is 37.6 Å². The second-order valence-corrected chi connectivity index (χ2v) is 14.9. The first kappa shape index (κ1) is 33.8. The average Bonchev–Trinajstić information content (AvgIpc) is 2.91. The van der Waals surface area contributed by atoms with E-state index in [1.54, 1.807) is 52.0 Å². The van der Waals surface area contributed by atoms with Gasteiger partial charge in [0, 0.05) is 24.1 Å². The van der Waals surface area contributed by atoms with Crippen LogP contribution in [0.15, 0.2) is 48.5 Å². The third kappa shape index (κ3) is 11.6. The van der Waals surface area contributed by atoms with Gasteiger partial charge in [0.1, 0.15) is 0 Å². The fraction of sp³-hybridized carbons (Fsp3) is 0.448. The quantitative estimate of drug-likeness (QED) is 0.0812. The molecule has 2 aromatic carbocycles. The molecule has 0 fully saturated rings. The predicted octanol–water partition coefficient (Wildman–Crippen LogP) is 6.55. The normalized spacial score (nSPS) is 14.8. The maximum absolute atomic E-state index is 12.4. The summed E-state index contributed by atoms with van der Waals surface area (Å²) in [6.45, 7) is 7.09. The number of rotatable bonds is 17. The molecule has 11 heteroatoms. The molecule has 2 aromatic rings. The Balaban J connectivity index is 1.75. The van der Waals surface area contributed by atoms with E-state index in [4.69, 9.17) is 9.05 Å². The zero-order valence-electron chi connectivity index (χ0n) is 23.6. The van der Waals surface area contributed by atoms with Gasteiger partial charge in [0.2, 0.25) is 0 Å². The number of hydrogen-bond acceptors (Lipinski definition) is 6. The number of Topliss-reactive ketones (excluding diaryl/α,β-unsaturated/α-hetero) is 1. The van der Waals surface area contributed by atoms with Crippen LogP contribution in [0.4, 0.5) is 0 Å². The van der Waals surface area contributed by atoms with Crippen LogP contribution in [0.2, 0.25) is 0 Å². The maximum Gasteiger partial charge on any atom is 0.330 e. The molecule has 0 spiro atoms. The van der Waals surface area contributed by atoms with Crippen molar-refractivity contribution in [3.8, 4) is 0 Å². The van der Waals surface area contributed by atoms with Crippen molar-refractivity contribution in [2.24, 2.45) is 0 Å². The molecule has 0 aliphatic rings. The van der Waals surface area contributed by atoms with Gasteiger partial charge >= 0.3 is 15.2 Å². The van der Waals surface area contributed by atoms with Crippen LogP contribution in [-0.4, -0.2) is 52.6 Å². The van der Waals surface area contributed by atoms with Gasteiger partial charge < -0.3 is 24.2 Å². The molecular formula is C29H41NO8P2. The Morgan fingerprint density at radius 1 is 0.750 bits per heavy atom. The van der Waals surface area contributed by atoms with Crippen molar-refractivity contribution in [1.29, 1.82) is 0 Å². The highest BCUT2D eigenvalue weighted by molar-refractivity contribution is 7.53. The number of amides is 1. The summed E-state index contributed by atoms with van der Waals surface area (Å²) in [6.07, 6.45) is 5.70. The van der Waals surface area contributed by atoms with Crippen molar-refractivity contribution in [3.05, 3.63) is 70.8 Å². The number of nitrogens with one attached hydrogen (secondary N) is 1. The van der Waals surface area contributed by atoms with Gasteiger partial charge in [-0.05, 0) is 42.5 Å². The van der Waals surface area contributed by atoms with Crippen LogP contribution in [0, 0.1) is 0 Å². The van der Waals surface area contributed by atoms with Crippen molar-refractivity contribution in [3.63, 3.8) is 0 Å². The summed E-state index contributed by atoms with van der Waals surface area (Å²) >= 11 is 0. The predicted molar refractivity (Wildman–Crippen MR) is 159 cm³/mol. The molecule has 2 unspecified atom stereocenters. The van der Waals surface area contributed by atoms with Gasteiger partial charge in [0.05, 0.1) is 24.5 Å². The number of ketones is 1. The molecule has 9 nitrogen and oxygen atoms in total. The van der Waals surface area contributed by atoms with Crippen LogP contribution in [0.1, 0.15) is 85.2 Å². The standard InChI is InChI=1S/C29H41NO8P2/c1-22(2)39(33,34)37-20-6-5-8-28(31)26-15-11-24(12-16-26)9-10-25-13-17-27(18-14-25)29(32)30-19-7-21-38-40(35,36)23(3)4/h9-18,22-23H,5-8,19-21H2,1-4H3,(H,30,32)(H,33,34)(H,35,36)/b10-9+. The van der Waals surface area contributed by atoms with Crippen LogP contribution in [0.25, 0.3) is 12.2 Å². The lowest BCUT2D eigenvalue weighted by atomic mass is 10.0. The van der Waals surface area contributed by atoms with E-state index in [2.05, 4.69) is 5.32 Å². The molecule has 0 radical (unpaired) electrons. The molecule has 0 saturated heterocycles. The fourth-order valence-corrected chi connectivity index (χ4v) is 4.69. The van der Waals surface area contributed by atoms with E-state index < -0.39 is 26.5 Å². The summed E-state index contributed by atoms with van der Waals surface area (Å²) in [4.78, 5) is 44.1. The van der Waals surface area contributed by atoms with Crippen molar-refractivity contribution in [2.75, 3.05) is 19.8 Å². The summed E-state index contributed by atoms with van der Waals surface area (Å²) in [5, 5.41) is 2.77. The number of benzene rings is 2. The second kappa shape index (κ2) is 16.2. The minimum absolute atomic E-state index is 0.0110. The van der Waals surface area contributed by atoms with E-state index in [0.717, 1.165) is 11.1 Å². The molecule has 0 aromatic heterocycles. The molecule has 0 heterocycles. The van der Waals surface area contributed by atoms with Crippen LogP contribution < -0.4 is 5.32 Å². The Hall–Kier alpha value is -2.38. The molecule has 2 atom stereocenters. The molecule has 2 rings (SSSR count). The molecule has 0 saturated carbocycles. The third-order valence-electron chi connectivity index (χ3n) is 6.14. The van der Waals surface area contributed by atoms with Crippen molar-refractivity contribution in [2.45, 2.75) is 64.7 Å². The van der Waals surface area contributed by atoms with E-state index in [0.29, 0.717) is 43.4 Å². The van der Waals surface area contributed by atoms with E-state index in [1.807, 2.05) is 36.4 Å². The Kier molecular flexibility index (Phi) is 13.7. The molecule has 0 aliphatic heterocycles. The average molecular weight is 594 g/mol. The van der Waals surface area contributed by atoms with Gasteiger partial charge in [-0.15, -0.1) is 0 Å². The van der Waals surface area contributed by atoms with Crippen LogP contribution in [0.3, 0.4) is 0 Å². The molecular weight excluding hydrogens is 552 g/mol. The Morgan fingerprint density at radius 2 is 1.20 bits per heavy atom. The van der Waals surface area contributed by atoms with Crippen LogP contribution in [-0.2, 0) is 18.2 Å². The van der Waals surface area contributed by atoms with Gasteiger partial charge in [0.25, 0.3) is 5.91 Å². The monoisotopic (exact) mass is 593 g/mol. The van der Waals surface area contributed by atoms with E-state index in [1.165, 1.54) is 0 Å². The van der Waals surface area contributed by atoms with Crippen LogP contribution in [0.5, 0.6) is 0 Å². The van der Waals surface area contributed by atoms with E-state index in [-0.39, 0.29) is 24.9 Å². The van der Waals surface area contributed by atoms with Crippen LogP contribution >= 0.6 is 15.2 Å². The minimum atomic E-state index is -3.59. The Labute approximate surface area is 237 Å². The summed E-state index contributed by atoms with van der Waals surface area (Å²) in [7, 11) is -7.16. The number of hydrogen-bond donors (Lipinski definition) is 3. The number of carbonyl (C=O) groups excluding carboxylic acids is 2. The highest BCUT2D eigenvalue weighted by atomic mass is 31.2. The lowest BCUT2D eigenvalue weighted by Gasteiger charge is -2.15. The molecule has 0 bridgehead atoms. The first-order chi connectivity index (χ1) is 18.8. The van der Waals surface area contributed by atoms with Gasteiger partial charge in [-0.2, -0.15) is 0 Å². The zero-order valence-corrected chi connectivity index (χ0v) is 25.4. The summed E-state index contributed by atoms with van der Waals surface area (Å²) in [5.74, 6) is -0.222. The topological polar surface area (TPSA) is 139 Å².